The van der Waals surface area contributed by atoms with E-state index in [1.807, 2.05) is 0 Å². The average molecular weight is 225 g/mol. The van der Waals surface area contributed by atoms with E-state index in [1.165, 1.54) is 6.08 Å². The molecule has 5 heteroatoms. The number of carbonyl (C=O) groups is 1. The molecule has 3 rings (SSSR count). The molecule has 2 heterocycles. The number of nitrogens with one attached hydrogen (secondary N) is 1. The third-order valence-electron chi connectivity index (χ3n) is 3.80. The lowest BCUT2D eigenvalue weighted by atomic mass is 9.78. The van der Waals surface area contributed by atoms with Crippen LogP contribution in [0.4, 0.5) is 0 Å². The highest BCUT2D eigenvalue weighted by Crippen LogP contribution is 2.43. The van der Waals surface area contributed by atoms with Gasteiger partial charge >= 0.3 is 0 Å². The number of aliphatic hydroxyl groups excluding tert-OH is 1. The fourth-order valence-electron chi connectivity index (χ4n) is 2.82. The second kappa shape index (κ2) is 3.21. The lowest BCUT2D eigenvalue weighted by molar-refractivity contribution is -0.185. The molecule has 0 atom stereocenters. The molecule has 0 bridgehead atoms. The third kappa shape index (κ3) is 1.35. The highest BCUT2D eigenvalue weighted by molar-refractivity contribution is 5.92. The summed E-state index contributed by atoms with van der Waals surface area (Å²) in [7, 11) is 0. The maximum Gasteiger partial charge on any atom is 0.248 e. The van der Waals surface area contributed by atoms with Crippen molar-refractivity contribution >= 4 is 5.91 Å². The van der Waals surface area contributed by atoms with Crippen molar-refractivity contribution in [2.24, 2.45) is 0 Å². The molecule has 2 spiro atoms. The van der Waals surface area contributed by atoms with Crippen LogP contribution in [0.3, 0.4) is 0 Å². The van der Waals surface area contributed by atoms with E-state index in [4.69, 9.17) is 9.47 Å². The molecule has 0 aromatic rings. The molecule has 1 saturated carbocycles. The van der Waals surface area contributed by atoms with Gasteiger partial charge in [-0.3, -0.25) is 4.79 Å². The summed E-state index contributed by atoms with van der Waals surface area (Å²) in [6.45, 7) is 1.28. The predicted octanol–water partition coefficient (Wildman–Crippen LogP) is 0.614. The summed E-state index contributed by atoms with van der Waals surface area (Å²) in [4.78, 5) is 11.2. The summed E-state index contributed by atoms with van der Waals surface area (Å²) in [5.74, 6) is -0.508. The van der Waals surface area contributed by atoms with Crippen LogP contribution in [0, 0.1) is 0 Å². The van der Waals surface area contributed by atoms with Crippen LogP contribution in [0.5, 0.6) is 0 Å². The Bertz CT molecular complexity index is 347. The third-order valence-corrected chi connectivity index (χ3v) is 3.80. The molecule has 1 aliphatic carbocycles. The Labute approximate surface area is 93.4 Å². The summed E-state index contributed by atoms with van der Waals surface area (Å²) in [5.41, 5.74) is -0.558. The minimum atomic E-state index is -0.558. The number of amides is 1. The van der Waals surface area contributed by atoms with Crippen LogP contribution in [-0.2, 0) is 14.3 Å². The van der Waals surface area contributed by atoms with Gasteiger partial charge in [-0.25, -0.2) is 0 Å². The number of ether oxygens (including phenoxy) is 2. The molecule has 16 heavy (non-hydrogen) atoms. The van der Waals surface area contributed by atoms with Gasteiger partial charge in [0.1, 0.15) is 5.76 Å². The Balaban J connectivity index is 1.75. The van der Waals surface area contributed by atoms with Crippen LogP contribution < -0.4 is 5.32 Å². The van der Waals surface area contributed by atoms with Crippen molar-refractivity contribution < 1.29 is 19.4 Å². The molecule has 0 unspecified atom stereocenters. The van der Waals surface area contributed by atoms with Gasteiger partial charge in [-0.1, -0.05) is 0 Å². The first-order chi connectivity index (χ1) is 7.64. The molecular formula is C11H15NO4. The summed E-state index contributed by atoms with van der Waals surface area (Å²) in [6.07, 6.45) is 4.03. The Morgan fingerprint density at radius 3 is 2.31 bits per heavy atom. The maximum absolute atomic E-state index is 11.2. The van der Waals surface area contributed by atoms with E-state index in [0.29, 0.717) is 38.9 Å². The second-order valence-electron chi connectivity index (χ2n) is 4.71. The molecule has 0 aromatic carbocycles. The van der Waals surface area contributed by atoms with E-state index in [-0.39, 0.29) is 11.7 Å². The van der Waals surface area contributed by atoms with Gasteiger partial charge < -0.3 is 19.9 Å². The van der Waals surface area contributed by atoms with E-state index in [0.717, 1.165) is 0 Å². The molecule has 1 saturated heterocycles. The zero-order valence-corrected chi connectivity index (χ0v) is 8.99. The Morgan fingerprint density at radius 2 is 1.81 bits per heavy atom. The predicted molar refractivity (Wildman–Crippen MR) is 54.7 cm³/mol. The van der Waals surface area contributed by atoms with Gasteiger partial charge in [0.25, 0.3) is 0 Å². The zero-order valence-electron chi connectivity index (χ0n) is 8.99. The minimum Gasteiger partial charge on any atom is -0.510 e. The summed E-state index contributed by atoms with van der Waals surface area (Å²) < 4.78 is 11.2. The van der Waals surface area contributed by atoms with Crippen molar-refractivity contribution in [1.29, 1.82) is 0 Å². The number of hydrogen-bond acceptors (Lipinski definition) is 4. The van der Waals surface area contributed by atoms with Crippen molar-refractivity contribution in [3.63, 3.8) is 0 Å². The number of aliphatic hydroxyl groups is 1. The normalized spacial score (nSPS) is 30.8. The van der Waals surface area contributed by atoms with Gasteiger partial charge in [-0.15, -0.1) is 0 Å². The number of rotatable bonds is 0. The molecule has 2 fully saturated rings. The zero-order chi connectivity index (χ0) is 11.2. The summed E-state index contributed by atoms with van der Waals surface area (Å²) >= 11 is 0. The molecule has 2 N–H and O–H groups in total. The molecule has 0 radical (unpaired) electrons. The van der Waals surface area contributed by atoms with Gasteiger partial charge in [0, 0.05) is 18.9 Å². The first kappa shape index (κ1) is 10.1. The highest BCUT2D eigenvalue weighted by atomic mass is 16.7. The van der Waals surface area contributed by atoms with E-state index >= 15 is 0 Å². The quantitative estimate of drug-likeness (QED) is 0.634. The molecule has 5 nitrogen and oxygen atoms in total. The van der Waals surface area contributed by atoms with Crippen LogP contribution in [0.1, 0.15) is 25.7 Å². The van der Waals surface area contributed by atoms with E-state index in [1.54, 1.807) is 0 Å². The first-order valence-electron chi connectivity index (χ1n) is 5.65. The topological polar surface area (TPSA) is 67.8 Å². The summed E-state index contributed by atoms with van der Waals surface area (Å²) in [5, 5.41) is 12.6. The monoisotopic (exact) mass is 225 g/mol. The van der Waals surface area contributed by atoms with Crippen molar-refractivity contribution in [2.45, 2.75) is 37.0 Å². The van der Waals surface area contributed by atoms with Gasteiger partial charge in [0.15, 0.2) is 5.79 Å². The minimum absolute atomic E-state index is 0.158. The Morgan fingerprint density at radius 1 is 1.19 bits per heavy atom. The Kier molecular flexibility index (Phi) is 2.03. The SMILES string of the molecule is O=C1C=C(O)C2(CCC3(CC2)OCCO3)N1. The van der Waals surface area contributed by atoms with E-state index in [9.17, 15) is 9.90 Å². The lowest BCUT2D eigenvalue weighted by Crippen LogP contribution is -2.51. The van der Waals surface area contributed by atoms with Crippen molar-refractivity contribution in [1.82, 2.24) is 5.32 Å². The highest BCUT2D eigenvalue weighted by Gasteiger charge is 2.50. The molecule has 2 aliphatic heterocycles. The molecule has 3 aliphatic rings. The van der Waals surface area contributed by atoms with Crippen molar-refractivity contribution in [2.75, 3.05) is 13.2 Å². The van der Waals surface area contributed by atoms with Crippen LogP contribution in [0.15, 0.2) is 11.8 Å². The van der Waals surface area contributed by atoms with Gasteiger partial charge in [0.2, 0.25) is 5.91 Å². The van der Waals surface area contributed by atoms with Gasteiger partial charge in [0.05, 0.1) is 18.8 Å². The fraction of sp³-hybridized carbons (Fsp3) is 0.727. The fourth-order valence-corrected chi connectivity index (χ4v) is 2.82. The number of hydrogen-bond donors (Lipinski definition) is 2. The largest absolute Gasteiger partial charge is 0.510 e. The molecule has 1 amide bonds. The van der Waals surface area contributed by atoms with E-state index < -0.39 is 11.3 Å². The van der Waals surface area contributed by atoms with Crippen molar-refractivity contribution in [3.05, 3.63) is 11.8 Å². The van der Waals surface area contributed by atoms with Crippen LogP contribution >= 0.6 is 0 Å². The van der Waals surface area contributed by atoms with E-state index in [2.05, 4.69) is 5.32 Å². The second-order valence-corrected chi connectivity index (χ2v) is 4.71. The maximum atomic E-state index is 11.2. The summed E-state index contributed by atoms with van der Waals surface area (Å²) in [6, 6.07) is 0. The van der Waals surface area contributed by atoms with Gasteiger partial charge in [-0.2, -0.15) is 0 Å². The average Bonchev–Trinajstić information content (AvgIpc) is 2.80. The lowest BCUT2D eigenvalue weighted by Gasteiger charge is -2.41. The number of carbonyl (C=O) groups excluding carboxylic acids is 1. The Hall–Kier alpha value is -1.07. The standard InChI is InChI=1S/C11H15NO4/c13-8-7-9(14)12-10(8)1-3-11(4-2-10)15-5-6-16-11/h7,13H,1-6H2,(H,12,14). The van der Waals surface area contributed by atoms with Crippen LogP contribution in [-0.4, -0.2) is 35.6 Å². The van der Waals surface area contributed by atoms with Crippen LogP contribution in [0.2, 0.25) is 0 Å². The smallest absolute Gasteiger partial charge is 0.248 e. The molecule has 88 valence electrons. The molecule has 0 aromatic heterocycles. The van der Waals surface area contributed by atoms with Crippen LogP contribution in [0.25, 0.3) is 0 Å². The van der Waals surface area contributed by atoms with Crippen molar-refractivity contribution in [3.8, 4) is 0 Å². The first-order valence-corrected chi connectivity index (χ1v) is 5.65. The molecular weight excluding hydrogens is 210 g/mol. The van der Waals surface area contributed by atoms with Gasteiger partial charge in [-0.05, 0) is 12.8 Å².